The second-order valence-electron chi connectivity index (χ2n) is 6.80. The topological polar surface area (TPSA) is 107 Å². The predicted molar refractivity (Wildman–Crippen MR) is 98.7 cm³/mol. The molecule has 7 nitrogen and oxygen atoms in total. The number of amides is 1. The highest BCUT2D eigenvalue weighted by molar-refractivity contribution is 7.89. The lowest BCUT2D eigenvalue weighted by atomic mass is 10.0. The summed E-state index contributed by atoms with van der Waals surface area (Å²) >= 11 is 0. The number of aromatic nitrogens is 2. The first kappa shape index (κ1) is 19.4. The van der Waals surface area contributed by atoms with Gasteiger partial charge in [0.2, 0.25) is 5.91 Å². The molecule has 0 aliphatic heterocycles. The Morgan fingerprint density at radius 1 is 1.32 bits per heavy atom. The van der Waals surface area contributed by atoms with Crippen LogP contribution in [0.15, 0.2) is 24.3 Å². The second kappa shape index (κ2) is 7.97. The van der Waals surface area contributed by atoms with Gasteiger partial charge in [-0.15, -0.1) is 0 Å². The fourth-order valence-corrected chi connectivity index (χ4v) is 3.54. The number of rotatable bonds is 8. The van der Waals surface area contributed by atoms with Crippen LogP contribution in [0.2, 0.25) is 0 Å². The van der Waals surface area contributed by atoms with Gasteiger partial charge in [0, 0.05) is 18.8 Å². The molecule has 1 aromatic carbocycles. The molecule has 0 spiro atoms. The molecule has 1 atom stereocenters. The molecule has 1 unspecified atom stereocenters. The minimum absolute atomic E-state index is 0.0139. The number of imidazole rings is 1. The molecule has 1 aromatic heterocycles. The number of fused-ring (bicyclic) bond motifs is 1. The van der Waals surface area contributed by atoms with E-state index in [-0.39, 0.29) is 24.2 Å². The van der Waals surface area contributed by atoms with E-state index < -0.39 is 9.84 Å². The molecule has 0 fully saturated rings. The van der Waals surface area contributed by atoms with Crippen molar-refractivity contribution in [3.63, 3.8) is 0 Å². The third kappa shape index (κ3) is 5.54. The highest BCUT2D eigenvalue weighted by atomic mass is 32.2. The highest BCUT2D eigenvalue weighted by Crippen LogP contribution is 2.17. The van der Waals surface area contributed by atoms with Crippen molar-refractivity contribution >= 4 is 26.8 Å². The van der Waals surface area contributed by atoms with Gasteiger partial charge in [-0.05, 0) is 24.5 Å². The molecule has 2 aromatic rings. The zero-order chi connectivity index (χ0) is 18.6. The Labute approximate surface area is 148 Å². The number of nitrogens with one attached hydrogen (secondary N) is 1. The van der Waals surface area contributed by atoms with E-state index in [4.69, 9.17) is 5.73 Å². The molecule has 3 N–H and O–H groups in total. The van der Waals surface area contributed by atoms with Crippen LogP contribution >= 0.6 is 0 Å². The van der Waals surface area contributed by atoms with Crippen LogP contribution < -0.4 is 11.1 Å². The SMILES string of the molecule is CC(C)CC(CN)NC(=O)Cn1c(CS(C)(=O)=O)nc2ccccc21. The number of carbonyl (C=O) groups excluding carboxylic acids is 1. The van der Waals surface area contributed by atoms with E-state index >= 15 is 0 Å². The summed E-state index contributed by atoms with van der Waals surface area (Å²) in [7, 11) is -3.26. The standard InChI is InChI=1S/C17H26N4O3S/c1-12(2)8-13(9-18)19-17(22)10-21-15-7-5-4-6-14(15)20-16(21)11-25(3,23)24/h4-7,12-13H,8-11,18H2,1-3H3,(H,19,22). The monoisotopic (exact) mass is 366 g/mol. The summed E-state index contributed by atoms with van der Waals surface area (Å²) in [4.78, 5) is 16.8. The molecular weight excluding hydrogens is 340 g/mol. The van der Waals surface area contributed by atoms with E-state index in [9.17, 15) is 13.2 Å². The second-order valence-corrected chi connectivity index (χ2v) is 8.94. The molecule has 25 heavy (non-hydrogen) atoms. The van der Waals surface area contributed by atoms with Gasteiger partial charge in [-0.25, -0.2) is 13.4 Å². The molecule has 2 rings (SSSR count). The first-order valence-electron chi connectivity index (χ1n) is 8.31. The van der Waals surface area contributed by atoms with Crippen molar-refractivity contribution in [2.45, 2.75) is 38.6 Å². The average Bonchev–Trinajstić information content (AvgIpc) is 2.81. The smallest absolute Gasteiger partial charge is 0.240 e. The van der Waals surface area contributed by atoms with E-state index in [0.717, 1.165) is 18.2 Å². The van der Waals surface area contributed by atoms with Gasteiger partial charge in [-0.3, -0.25) is 4.79 Å². The van der Waals surface area contributed by atoms with Gasteiger partial charge in [0.1, 0.15) is 18.1 Å². The maximum Gasteiger partial charge on any atom is 0.240 e. The van der Waals surface area contributed by atoms with Crippen molar-refractivity contribution in [3.8, 4) is 0 Å². The van der Waals surface area contributed by atoms with E-state index in [1.54, 1.807) is 10.6 Å². The molecule has 0 bridgehead atoms. The molecule has 138 valence electrons. The fraction of sp³-hybridized carbons (Fsp3) is 0.529. The van der Waals surface area contributed by atoms with Gasteiger partial charge >= 0.3 is 0 Å². The summed E-state index contributed by atoms with van der Waals surface area (Å²) in [6.45, 7) is 4.52. The lowest BCUT2D eigenvalue weighted by molar-refractivity contribution is -0.122. The Morgan fingerprint density at radius 2 is 2.00 bits per heavy atom. The summed E-state index contributed by atoms with van der Waals surface area (Å²) < 4.78 is 25.0. The van der Waals surface area contributed by atoms with Crippen molar-refractivity contribution in [2.24, 2.45) is 11.7 Å². The number of sulfone groups is 1. The van der Waals surface area contributed by atoms with Gasteiger partial charge in [0.15, 0.2) is 9.84 Å². The molecule has 0 aliphatic rings. The van der Waals surface area contributed by atoms with Crippen LogP contribution in [0.4, 0.5) is 0 Å². The molecule has 0 saturated carbocycles. The number of nitrogens with zero attached hydrogens (tertiary/aromatic N) is 2. The summed E-state index contributed by atoms with van der Waals surface area (Å²) in [6, 6.07) is 7.20. The van der Waals surface area contributed by atoms with Crippen LogP contribution in [0.3, 0.4) is 0 Å². The third-order valence-corrected chi connectivity index (χ3v) is 4.61. The maximum atomic E-state index is 12.5. The van der Waals surface area contributed by atoms with Crippen molar-refractivity contribution < 1.29 is 13.2 Å². The summed E-state index contributed by atoms with van der Waals surface area (Å²) in [6.07, 6.45) is 1.95. The first-order valence-corrected chi connectivity index (χ1v) is 10.4. The van der Waals surface area contributed by atoms with Gasteiger partial charge in [-0.1, -0.05) is 26.0 Å². The Balaban J connectivity index is 2.26. The number of benzene rings is 1. The summed E-state index contributed by atoms with van der Waals surface area (Å²) in [5, 5.41) is 2.93. The van der Waals surface area contributed by atoms with Crippen LogP contribution in [-0.2, 0) is 26.9 Å². The molecule has 0 radical (unpaired) electrons. The van der Waals surface area contributed by atoms with E-state index in [1.807, 2.05) is 18.2 Å². The van der Waals surface area contributed by atoms with Gasteiger partial charge in [0.05, 0.1) is 11.0 Å². The number of para-hydroxylation sites is 2. The lowest BCUT2D eigenvalue weighted by Crippen LogP contribution is -2.42. The zero-order valence-corrected chi connectivity index (χ0v) is 15.7. The van der Waals surface area contributed by atoms with Crippen molar-refractivity contribution in [1.29, 1.82) is 0 Å². The molecular formula is C17H26N4O3S. The van der Waals surface area contributed by atoms with Crippen molar-refractivity contribution in [2.75, 3.05) is 12.8 Å². The summed E-state index contributed by atoms with van der Waals surface area (Å²) in [5.41, 5.74) is 7.15. The minimum atomic E-state index is -3.26. The molecule has 1 amide bonds. The van der Waals surface area contributed by atoms with Gasteiger partial charge in [0.25, 0.3) is 0 Å². The first-order chi connectivity index (χ1) is 11.7. The number of hydrogen-bond donors (Lipinski definition) is 2. The van der Waals surface area contributed by atoms with Crippen LogP contribution in [0.1, 0.15) is 26.1 Å². The quantitative estimate of drug-likeness (QED) is 0.727. The molecule has 0 aliphatic carbocycles. The van der Waals surface area contributed by atoms with Gasteiger partial charge in [-0.2, -0.15) is 0 Å². The van der Waals surface area contributed by atoms with Crippen LogP contribution in [-0.4, -0.2) is 42.7 Å². The predicted octanol–water partition coefficient (Wildman–Crippen LogP) is 1.07. The fourth-order valence-electron chi connectivity index (χ4n) is 2.85. The van der Waals surface area contributed by atoms with E-state index in [2.05, 4.69) is 24.1 Å². The van der Waals surface area contributed by atoms with E-state index in [0.29, 0.717) is 23.8 Å². The third-order valence-electron chi connectivity index (χ3n) is 3.83. The highest BCUT2D eigenvalue weighted by Gasteiger charge is 2.19. The van der Waals surface area contributed by atoms with Crippen LogP contribution in [0, 0.1) is 5.92 Å². The Bertz CT molecular complexity index is 843. The van der Waals surface area contributed by atoms with Crippen molar-refractivity contribution in [3.05, 3.63) is 30.1 Å². The molecule has 1 heterocycles. The number of nitrogens with two attached hydrogens (primary N) is 1. The molecule has 8 heteroatoms. The average molecular weight is 366 g/mol. The zero-order valence-electron chi connectivity index (χ0n) is 14.9. The normalized spacial score (nSPS) is 13.3. The Kier molecular flexibility index (Phi) is 6.18. The maximum absolute atomic E-state index is 12.5. The Morgan fingerprint density at radius 3 is 2.60 bits per heavy atom. The van der Waals surface area contributed by atoms with Crippen LogP contribution in [0.5, 0.6) is 0 Å². The van der Waals surface area contributed by atoms with Gasteiger partial charge < -0.3 is 15.6 Å². The summed E-state index contributed by atoms with van der Waals surface area (Å²) in [5.74, 6) is 0.381. The number of hydrogen-bond acceptors (Lipinski definition) is 5. The van der Waals surface area contributed by atoms with E-state index in [1.165, 1.54) is 0 Å². The lowest BCUT2D eigenvalue weighted by Gasteiger charge is -2.19. The molecule has 0 saturated heterocycles. The Hall–Kier alpha value is -1.93. The minimum Gasteiger partial charge on any atom is -0.351 e. The number of carbonyl (C=O) groups is 1. The van der Waals surface area contributed by atoms with Crippen molar-refractivity contribution in [1.82, 2.24) is 14.9 Å². The largest absolute Gasteiger partial charge is 0.351 e. The van der Waals surface area contributed by atoms with Crippen LogP contribution in [0.25, 0.3) is 11.0 Å².